The summed E-state index contributed by atoms with van der Waals surface area (Å²) in [5, 5.41) is 22.6. The van der Waals surface area contributed by atoms with Gasteiger partial charge in [0.05, 0.1) is 12.0 Å². The largest absolute Gasteiger partial charge is 0.461 e. The van der Waals surface area contributed by atoms with E-state index in [0.29, 0.717) is 70.9 Å². The van der Waals surface area contributed by atoms with Crippen LogP contribution in [0.4, 0.5) is 9.59 Å². The molecule has 1 saturated carbocycles. The number of rotatable bonds is 18. The van der Waals surface area contributed by atoms with Crippen LogP contribution < -0.4 is 16.0 Å². The fourth-order valence-electron chi connectivity index (χ4n) is 9.10. The molecule has 2 heterocycles. The number of unbranched alkanes of at least 4 members (excludes halogenated alkanes) is 1. The van der Waals surface area contributed by atoms with Crippen LogP contribution in [0.15, 0.2) is 42.5 Å². The summed E-state index contributed by atoms with van der Waals surface area (Å²) >= 11 is 0. The molecule has 347 valence electrons. The van der Waals surface area contributed by atoms with Crippen molar-refractivity contribution in [3.05, 3.63) is 48.0 Å². The molecule has 1 aromatic rings. The first-order valence-electron chi connectivity index (χ1n) is 23.1. The predicted molar refractivity (Wildman–Crippen MR) is 237 cm³/mol. The average molecular weight is 867 g/mol. The van der Waals surface area contributed by atoms with E-state index in [0.717, 1.165) is 42.7 Å². The van der Waals surface area contributed by atoms with Gasteiger partial charge in [-0.05, 0) is 131 Å². The number of piperidine rings is 1. The van der Waals surface area contributed by atoms with Crippen molar-refractivity contribution >= 4 is 30.0 Å². The molecular weight excluding hydrogens is 791 g/mol. The Labute approximate surface area is 370 Å². The van der Waals surface area contributed by atoms with E-state index < -0.39 is 64.8 Å². The second-order valence-corrected chi connectivity index (χ2v) is 20.3. The molecule has 14 nitrogen and oxygen atoms in total. The van der Waals surface area contributed by atoms with Crippen LogP contribution in [-0.2, 0) is 40.2 Å². The van der Waals surface area contributed by atoms with Crippen LogP contribution in [0.3, 0.4) is 0 Å². The number of nitrogens with zero attached hydrogens (tertiary/aromatic N) is 2. The number of benzene rings is 1. The second kappa shape index (κ2) is 23.0. The molecule has 4 atom stereocenters. The van der Waals surface area contributed by atoms with Gasteiger partial charge in [-0.3, -0.25) is 9.59 Å². The molecule has 1 aromatic carbocycles. The van der Waals surface area contributed by atoms with Gasteiger partial charge in [0.15, 0.2) is 0 Å². The molecular formula is C48H76N5O9. The quantitative estimate of drug-likeness (QED) is 0.0572. The van der Waals surface area contributed by atoms with Crippen molar-refractivity contribution < 1.29 is 43.4 Å². The highest BCUT2D eigenvalue weighted by molar-refractivity contribution is 5.92. The van der Waals surface area contributed by atoms with Crippen LogP contribution in [0.25, 0.3) is 0 Å². The molecule has 62 heavy (non-hydrogen) atoms. The molecule has 4 rings (SSSR count). The van der Waals surface area contributed by atoms with E-state index in [1.807, 2.05) is 91.0 Å². The van der Waals surface area contributed by atoms with Crippen LogP contribution >= 0.6 is 0 Å². The van der Waals surface area contributed by atoms with Crippen molar-refractivity contribution in [1.29, 1.82) is 0 Å². The van der Waals surface area contributed by atoms with Crippen molar-refractivity contribution in [1.82, 2.24) is 25.9 Å². The minimum absolute atomic E-state index is 0.199. The number of nitrogens with one attached hydrogen (secondary N) is 3. The molecule has 3 N–H and O–H groups in total. The van der Waals surface area contributed by atoms with Crippen LogP contribution in [0.1, 0.15) is 151 Å². The third kappa shape index (κ3) is 16.2. The molecule has 0 bridgehead atoms. The molecule has 0 aromatic heterocycles. The molecule has 14 heteroatoms. The van der Waals surface area contributed by atoms with Gasteiger partial charge < -0.3 is 35.1 Å². The monoisotopic (exact) mass is 867 g/mol. The zero-order valence-corrected chi connectivity index (χ0v) is 39.0. The average Bonchev–Trinajstić information content (AvgIpc) is 3.67. The summed E-state index contributed by atoms with van der Waals surface area (Å²) < 4.78 is 17.2. The number of hydroxylamine groups is 2. The Kier molecular flexibility index (Phi) is 18.7. The normalized spacial score (nSPS) is 21.2. The van der Waals surface area contributed by atoms with Gasteiger partial charge in [0.2, 0.25) is 11.8 Å². The first-order chi connectivity index (χ1) is 29.1. The van der Waals surface area contributed by atoms with Crippen molar-refractivity contribution in [2.75, 3.05) is 13.1 Å². The molecule has 3 fully saturated rings. The Morgan fingerprint density at radius 1 is 0.823 bits per heavy atom. The summed E-state index contributed by atoms with van der Waals surface area (Å²) in [5.74, 6) is -1.45. The molecule has 3 aliphatic rings. The summed E-state index contributed by atoms with van der Waals surface area (Å²) in [5.41, 5.74) is -1.04. The Morgan fingerprint density at radius 2 is 1.48 bits per heavy atom. The van der Waals surface area contributed by atoms with E-state index in [1.165, 1.54) is 0 Å². The molecule has 0 spiro atoms. The number of carbonyl (C=O) groups excluding carboxylic acids is 5. The first-order valence-corrected chi connectivity index (χ1v) is 23.1. The van der Waals surface area contributed by atoms with E-state index in [-0.39, 0.29) is 24.0 Å². The number of esters is 1. The second-order valence-electron chi connectivity index (χ2n) is 20.3. The van der Waals surface area contributed by atoms with E-state index in [1.54, 1.807) is 4.90 Å². The van der Waals surface area contributed by atoms with Gasteiger partial charge in [-0.25, -0.2) is 14.4 Å². The van der Waals surface area contributed by atoms with E-state index in [9.17, 15) is 29.2 Å². The van der Waals surface area contributed by atoms with Gasteiger partial charge >= 0.3 is 18.2 Å². The molecule has 1 radical (unpaired) electrons. The summed E-state index contributed by atoms with van der Waals surface area (Å²) in [7, 11) is 0. The van der Waals surface area contributed by atoms with Gasteiger partial charge in [-0.1, -0.05) is 62.8 Å². The fraction of sp³-hybridized carbons (Fsp3) is 0.729. The Hall–Kier alpha value is -4.17. The summed E-state index contributed by atoms with van der Waals surface area (Å²) in [6, 6.07) is 7.63. The lowest BCUT2D eigenvalue weighted by Crippen LogP contribution is -2.60. The topological polar surface area (TPSA) is 176 Å². The smallest absolute Gasteiger partial charge is 0.408 e. The SMILES string of the molecule is CC(C)C[C@@H](/C=C/[C@H](Cc1ccccc1)C(=O)N1CCC[C@H]1C(=O)N[C@@H](CCCCNC(=O)OC1CC(C)(C)N([O])C(C)(C)C1)C(=O)OC1CCCCC1)NC(=O)OC(C)(C)C. The van der Waals surface area contributed by atoms with Crippen molar-refractivity contribution in [2.45, 2.75) is 199 Å². The van der Waals surface area contributed by atoms with Crippen molar-refractivity contribution in [3.8, 4) is 0 Å². The van der Waals surface area contributed by atoms with E-state index in [4.69, 9.17) is 14.2 Å². The number of hydrogen-bond donors (Lipinski definition) is 3. The number of alkyl carbamates (subject to hydrolysis) is 2. The van der Waals surface area contributed by atoms with Crippen LogP contribution in [0.2, 0.25) is 0 Å². The van der Waals surface area contributed by atoms with Gasteiger partial charge in [0, 0.05) is 37.0 Å². The maximum absolute atomic E-state index is 14.5. The van der Waals surface area contributed by atoms with E-state index >= 15 is 0 Å². The highest BCUT2D eigenvalue weighted by Crippen LogP contribution is 2.38. The van der Waals surface area contributed by atoms with E-state index in [2.05, 4.69) is 29.8 Å². The maximum atomic E-state index is 14.5. The number of likely N-dealkylation sites (tertiary alicyclic amines) is 1. The highest BCUT2D eigenvalue weighted by Gasteiger charge is 2.47. The summed E-state index contributed by atoms with van der Waals surface area (Å²) in [4.78, 5) is 69.6. The minimum Gasteiger partial charge on any atom is -0.461 e. The van der Waals surface area contributed by atoms with Crippen LogP contribution in [0, 0.1) is 11.8 Å². The number of hydrogen-bond acceptors (Lipinski definition) is 9. The standard InChI is InChI=1S/C48H76N5O9/c1-33(2)29-36(50-45(58)62-46(3,4)5)26-25-35(30-34-19-12-10-13-20-34)42(55)52-28-18-24-40(52)41(54)51-39(43(56)60-37-21-14-11-15-22-37)23-16-17-27-49-44(57)61-38-31-47(6,7)53(59)48(8,9)32-38/h10,12-13,19-20,25-26,33,35-40H,11,14-18,21-24,27-32H2,1-9H3,(H,49,57)(H,50,58)(H,51,54)/b26-25+/t35-,36-,39+,40+/m1/s1. The maximum Gasteiger partial charge on any atom is 0.408 e. The Balaban J connectivity index is 1.42. The lowest BCUT2D eigenvalue weighted by atomic mass is 9.80. The van der Waals surface area contributed by atoms with Crippen molar-refractivity contribution in [2.24, 2.45) is 11.8 Å². The fourth-order valence-corrected chi connectivity index (χ4v) is 9.10. The van der Waals surface area contributed by atoms with Gasteiger partial charge in [-0.2, -0.15) is 0 Å². The van der Waals surface area contributed by atoms with Gasteiger partial charge in [0.25, 0.3) is 0 Å². The molecule has 2 aliphatic heterocycles. The lowest BCUT2D eigenvalue weighted by molar-refractivity contribution is -0.298. The predicted octanol–water partition coefficient (Wildman–Crippen LogP) is 7.96. The number of amides is 4. The summed E-state index contributed by atoms with van der Waals surface area (Å²) in [6.45, 7) is 17.7. The zero-order valence-electron chi connectivity index (χ0n) is 39.0. The number of ether oxygens (including phenoxy) is 3. The highest BCUT2D eigenvalue weighted by atomic mass is 16.6. The van der Waals surface area contributed by atoms with Crippen LogP contribution in [-0.4, -0.2) is 100 Å². The Bertz CT molecular complexity index is 1640. The summed E-state index contributed by atoms with van der Waals surface area (Å²) in [6.07, 6.45) is 11.0. The van der Waals surface area contributed by atoms with Gasteiger partial charge in [0.1, 0.15) is 29.9 Å². The molecule has 1 aliphatic carbocycles. The first kappa shape index (κ1) is 50.5. The van der Waals surface area contributed by atoms with Crippen LogP contribution in [0.5, 0.6) is 0 Å². The zero-order chi connectivity index (χ0) is 45.7. The van der Waals surface area contributed by atoms with Gasteiger partial charge in [-0.15, -0.1) is 10.3 Å². The third-order valence-electron chi connectivity index (χ3n) is 11.9. The molecule has 2 saturated heterocycles. The number of carbonyl (C=O) groups is 5. The molecule has 4 amide bonds. The van der Waals surface area contributed by atoms with Crippen molar-refractivity contribution in [3.63, 3.8) is 0 Å². The Morgan fingerprint density at radius 3 is 2.11 bits per heavy atom. The minimum atomic E-state index is -0.925. The molecule has 0 unspecified atom stereocenters. The third-order valence-corrected chi connectivity index (χ3v) is 11.9. The lowest BCUT2D eigenvalue weighted by Gasteiger charge is -2.49.